The van der Waals surface area contributed by atoms with E-state index in [-0.39, 0.29) is 24.0 Å². The third-order valence-electron chi connectivity index (χ3n) is 5.00. The molecule has 3 unspecified atom stereocenters. The molecule has 6 nitrogen and oxygen atoms in total. The molecule has 0 radical (unpaired) electrons. The number of ether oxygens (including phenoxy) is 1. The number of nitrogen functional groups attached to an aromatic ring is 1. The van der Waals surface area contributed by atoms with Gasteiger partial charge >= 0.3 is 0 Å². The average molecular weight is 557 g/mol. The van der Waals surface area contributed by atoms with E-state index in [1.165, 1.54) is 0 Å². The van der Waals surface area contributed by atoms with E-state index in [0.29, 0.717) is 24.0 Å². The zero-order chi connectivity index (χ0) is 23.0. The number of aromatic nitrogens is 3. The maximum absolute atomic E-state index is 6.22. The van der Waals surface area contributed by atoms with Gasteiger partial charge in [-0.2, -0.15) is 4.98 Å². The van der Waals surface area contributed by atoms with Crippen molar-refractivity contribution < 1.29 is 7.80 Å². The van der Waals surface area contributed by atoms with Gasteiger partial charge in [-0.1, -0.05) is 67.9 Å². The zero-order valence-electron chi connectivity index (χ0n) is 18.4. The first-order valence-electron chi connectivity index (χ1n) is 10.3. The monoisotopic (exact) mass is 556 g/mol. The minimum Gasteiger partial charge on any atom is -0.376 e. The van der Waals surface area contributed by atoms with E-state index in [0.717, 1.165) is 16.5 Å². The molecule has 0 saturated heterocycles. The minimum absolute atomic E-state index is 0.00211. The predicted octanol–water partition coefficient (Wildman–Crippen LogP) is 6.40. The molecule has 3 aromatic rings. The third kappa shape index (κ3) is 6.41. The van der Waals surface area contributed by atoms with E-state index in [1.807, 2.05) is 90.9 Å². The maximum atomic E-state index is 6.22. The van der Waals surface area contributed by atoms with Crippen LogP contribution in [0.15, 0.2) is 54.7 Å². The zero-order valence-corrected chi connectivity index (χ0v) is 21.3. The number of nitrogens with two attached hydrogens (primary N) is 1. The van der Waals surface area contributed by atoms with Crippen LogP contribution in [0.2, 0.25) is 5.15 Å². The number of fused-ring (bicyclic) bond motifs is 1. The van der Waals surface area contributed by atoms with Gasteiger partial charge in [-0.05, 0) is 25.5 Å². The molecule has 3 rings (SSSR count). The molecule has 0 bridgehead atoms. The molecule has 2 aromatic heterocycles. The highest BCUT2D eigenvalue weighted by Crippen LogP contribution is 2.32. The fourth-order valence-electron chi connectivity index (χ4n) is 3.37. The molecule has 31 heavy (non-hydrogen) atoms. The van der Waals surface area contributed by atoms with Gasteiger partial charge in [0.15, 0.2) is 0 Å². The number of hydrogen-bond donors (Lipinski definition) is 1. The lowest BCUT2D eigenvalue weighted by molar-refractivity contribution is 0.0459. The van der Waals surface area contributed by atoms with Crippen LogP contribution in [-0.2, 0) is 14.4 Å². The fraction of sp³-hybridized carbons (Fsp3) is 0.391. The molecule has 0 aliphatic carbocycles. The predicted molar refractivity (Wildman–Crippen MR) is 136 cm³/mol. The smallest absolute Gasteiger partial charge is 0.223 e. The Bertz CT molecular complexity index is 980. The number of rotatable bonds is 9. The van der Waals surface area contributed by atoms with Gasteiger partial charge in [0, 0.05) is 12.1 Å². The average Bonchev–Trinajstić information content (AvgIpc) is 3.19. The largest absolute Gasteiger partial charge is 0.376 e. The highest BCUT2D eigenvalue weighted by atomic mass is 127. The van der Waals surface area contributed by atoms with Gasteiger partial charge in [0.05, 0.1) is 30.7 Å². The normalized spacial score (nSPS) is 13.9. The van der Waals surface area contributed by atoms with Gasteiger partial charge in [0.2, 0.25) is 5.95 Å². The minimum atomic E-state index is -0.186. The first-order valence-corrected chi connectivity index (χ1v) is 11.5. The second-order valence-electron chi connectivity index (χ2n) is 7.08. The molecule has 0 fully saturated rings. The third-order valence-corrected chi connectivity index (χ3v) is 5.87. The highest BCUT2D eigenvalue weighted by molar-refractivity contribution is 14.1. The van der Waals surface area contributed by atoms with Gasteiger partial charge in [-0.25, -0.2) is 4.98 Å². The summed E-state index contributed by atoms with van der Waals surface area (Å²) in [6, 6.07) is 11.9. The van der Waals surface area contributed by atoms with E-state index < -0.39 is 0 Å². The SMILES string of the molecule is C=C(C)C(COCc1ccccc1)C(OI)C(C)n1ccc2c(Cl)nc(N)nc21.CC. The fourth-order valence-corrected chi connectivity index (χ4v) is 4.38. The molecule has 1 aromatic carbocycles. The first kappa shape index (κ1) is 25.6. The van der Waals surface area contributed by atoms with Gasteiger partial charge in [-0.3, -0.25) is 0 Å². The summed E-state index contributed by atoms with van der Waals surface area (Å²) >= 11 is 8.17. The number of hydrogen-bond acceptors (Lipinski definition) is 5. The molecule has 0 aliphatic heterocycles. The quantitative estimate of drug-likeness (QED) is 0.188. The Kier molecular flexibility index (Phi) is 10.2. The van der Waals surface area contributed by atoms with Gasteiger partial charge in [-0.15, -0.1) is 0 Å². The van der Waals surface area contributed by atoms with Gasteiger partial charge < -0.3 is 18.1 Å². The highest BCUT2D eigenvalue weighted by Gasteiger charge is 2.31. The molecule has 0 saturated carbocycles. The van der Waals surface area contributed by atoms with Gasteiger partial charge in [0.1, 0.15) is 33.8 Å². The Labute approximate surface area is 203 Å². The molecule has 3 atom stereocenters. The summed E-state index contributed by atoms with van der Waals surface area (Å²) in [7, 11) is 0. The lowest BCUT2D eigenvalue weighted by Crippen LogP contribution is -2.33. The van der Waals surface area contributed by atoms with Gasteiger partial charge in [0.25, 0.3) is 0 Å². The standard InChI is InChI=1S/C21H24ClIN4O2.C2H6/c1-13(2)17(12-28-11-15-7-5-4-6-8-15)18(29-23)14(3)27-10-9-16-19(22)25-21(24)26-20(16)27;1-2/h4-10,14,17-18H,1,11-12H2,2-3H3,(H2,24,25,26);1-2H3. The van der Waals surface area contributed by atoms with E-state index in [4.69, 9.17) is 25.1 Å². The molecular weight excluding hydrogens is 527 g/mol. The molecule has 8 heteroatoms. The summed E-state index contributed by atoms with van der Waals surface area (Å²) in [5.74, 6) is 0.141. The Morgan fingerprint density at radius 2 is 1.90 bits per heavy atom. The van der Waals surface area contributed by atoms with Crippen molar-refractivity contribution in [1.29, 1.82) is 0 Å². The number of benzene rings is 1. The second kappa shape index (κ2) is 12.4. The summed E-state index contributed by atoms with van der Waals surface area (Å²) in [6.07, 6.45) is 1.74. The van der Waals surface area contributed by atoms with Crippen molar-refractivity contribution in [2.45, 2.75) is 46.4 Å². The molecule has 2 N–H and O–H groups in total. The van der Waals surface area contributed by atoms with Crippen molar-refractivity contribution in [3.8, 4) is 0 Å². The molecule has 0 amide bonds. The maximum Gasteiger partial charge on any atom is 0.223 e. The van der Waals surface area contributed by atoms with Crippen LogP contribution in [0.4, 0.5) is 5.95 Å². The second-order valence-corrected chi connectivity index (χ2v) is 7.95. The number of anilines is 1. The molecule has 0 spiro atoms. The number of halogens is 2. The van der Waals surface area contributed by atoms with Crippen LogP contribution in [0.1, 0.15) is 39.3 Å². The van der Waals surface area contributed by atoms with Crippen LogP contribution < -0.4 is 5.73 Å². The van der Waals surface area contributed by atoms with Crippen molar-refractivity contribution >= 4 is 51.6 Å². The van der Waals surface area contributed by atoms with Crippen LogP contribution in [-0.4, -0.2) is 27.2 Å². The summed E-state index contributed by atoms with van der Waals surface area (Å²) < 4.78 is 13.9. The van der Waals surface area contributed by atoms with E-state index in [1.54, 1.807) is 0 Å². The van der Waals surface area contributed by atoms with E-state index in [2.05, 4.69) is 23.5 Å². The Hall–Kier alpha value is -1.68. The Balaban J connectivity index is 0.00000166. The van der Waals surface area contributed by atoms with Crippen LogP contribution >= 0.6 is 34.6 Å². The summed E-state index contributed by atoms with van der Waals surface area (Å²) in [5, 5.41) is 1.10. The Morgan fingerprint density at radius 1 is 1.23 bits per heavy atom. The molecule has 2 heterocycles. The lowest BCUT2D eigenvalue weighted by atomic mass is 9.91. The Morgan fingerprint density at radius 3 is 2.52 bits per heavy atom. The van der Waals surface area contributed by atoms with Crippen molar-refractivity contribution in [2.75, 3.05) is 12.3 Å². The summed E-state index contributed by atoms with van der Waals surface area (Å²) in [4.78, 5) is 8.40. The number of nitrogens with zero attached hydrogens (tertiary/aromatic N) is 3. The lowest BCUT2D eigenvalue weighted by Gasteiger charge is -2.31. The summed E-state index contributed by atoms with van der Waals surface area (Å²) in [5.41, 5.74) is 8.61. The molecule has 168 valence electrons. The van der Waals surface area contributed by atoms with Crippen LogP contribution in [0.3, 0.4) is 0 Å². The van der Waals surface area contributed by atoms with E-state index >= 15 is 0 Å². The van der Waals surface area contributed by atoms with Crippen LogP contribution in [0, 0.1) is 5.92 Å². The van der Waals surface area contributed by atoms with Crippen LogP contribution in [0.5, 0.6) is 0 Å². The van der Waals surface area contributed by atoms with Crippen molar-refractivity contribution in [3.63, 3.8) is 0 Å². The van der Waals surface area contributed by atoms with Crippen molar-refractivity contribution in [2.24, 2.45) is 5.92 Å². The van der Waals surface area contributed by atoms with E-state index in [9.17, 15) is 0 Å². The van der Waals surface area contributed by atoms with Crippen LogP contribution in [0.25, 0.3) is 11.0 Å². The van der Waals surface area contributed by atoms with Crippen molar-refractivity contribution in [1.82, 2.24) is 14.5 Å². The topological polar surface area (TPSA) is 75.2 Å². The van der Waals surface area contributed by atoms with Crippen molar-refractivity contribution in [3.05, 3.63) is 65.5 Å². The first-order chi connectivity index (χ1) is 14.9. The molecule has 0 aliphatic rings. The summed E-state index contributed by atoms with van der Waals surface area (Å²) in [6.45, 7) is 13.3. The molecular formula is C23H30ClIN4O2.